The minimum atomic E-state index is 1.23. The lowest BCUT2D eigenvalue weighted by molar-refractivity contribution is 0.631. The van der Waals surface area contributed by atoms with E-state index in [1.54, 1.807) is 0 Å². The van der Waals surface area contributed by atoms with Crippen molar-refractivity contribution in [2.24, 2.45) is 0 Å². The molecule has 0 fully saturated rings. The van der Waals surface area contributed by atoms with Gasteiger partial charge in [0.15, 0.2) is 0 Å². The summed E-state index contributed by atoms with van der Waals surface area (Å²) in [5, 5.41) is 0. The molecule has 0 nitrogen and oxygen atoms in total. The average molecular weight is 259 g/mol. The van der Waals surface area contributed by atoms with Crippen LogP contribution in [0.4, 0.5) is 0 Å². The van der Waals surface area contributed by atoms with Gasteiger partial charge in [-0.1, -0.05) is 39.0 Å². The molecule has 0 aliphatic heterocycles. The summed E-state index contributed by atoms with van der Waals surface area (Å²) in [5.74, 6) is 0. The SMILES string of the molecule is CCCCCCC[CH]c1c(C)c(C)c(C)c(C)c1C. The van der Waals surface area contributed by atoms with Gasteiger partial charge in [0.05, 0.1) is 0 Å². The molecular weight excluding hydrogens is 228 g/mol. The number of hydrogen-bond donors (Lipinski definition) is 0. The molecule has 0 spiro atoms. The van der Waals surface area contributed by atoms with Crippen molar-refractivity contribution in [3.63, 3.8) is 0 Å². The molecule has 0 heteroatoms. The molecule has 19 heavy (non-hydrogen) atoms. The van der Waals surface area contributed by atoms with Crippen molar-refractivity contribution in [1.29, 1.82) is 0 Å². The van der Waals surface area contributed by atoms with Crippen molar-refractivity contribution in [1.82, 2.24) is 0 Å². The highest BCUT2D eigenvalue weighted by atomic mass is 14.2. The summed E-state index contributed by atoms with van der Waals surface area (Å²) >= 11 is 0. The Morgan fingerprint density at radius 1 is 0.632 bits per heavy atom. The van der Waals surface area contributed by atoms with Crippen LogP contribution in [0, 0.1) is 41.0 Å². The molecule has 0 aromatic heterocycles. The lowest BCUT2D eigenvalue weighted by Gasteiger charge is -2.18. The van der Waals surface area contributed by atoms with Crippen LogP contribution < -0.4 is 0 Å². The van der Waals surface area contributed by atoms with Crippen LogP contribution >= 0.6 is 0 Å². The zero-order valence-corrected chi connectivity index (χ0v) is 13.8. The molecule has 0 atom stereocenters. The van der Waals surface area contributed by atoms with Crippen LogP contribution in [0.25, 0.3) is 0 Å². The fraction of sp³-hybridized carbons (Fsp3) is 0.632. The van der Waals surface area contributed by atoms with Gasteiger partial charge in [0.2, 0.25) is 0 Å². The molecule has 0 saturated heterocycles. The Morgan fingerprint density at radius 2 is 1.11 bits per heavy atom. The highest BCUT2D eigenvalue weighted by Gasteiger charge is 2.11. The van der Waals surface area contributed by atoms with Crippen LogP contribution in [-0.2, 0) is 0 Å². The van der Waals surface area contributed by atoms with E-state index in [2.05, 4.69) is 48.0 Å². The van der Waals surface area contributed by atoms with Crippen LogP contribution in [0.1, 0.15) is 78.8 Å². The van der Waals surface area contributed by atoms with Gasteiger partial charge in [0.1, 0.15) is 0 Å². The fourth-order valence-corrected chi connectivity index (χ4v) is 2.83. The van der Waals surface area contributed by atoms with Crippen LogP contribution in [0.5, 0.6) is 0 Å². The van der Waals surface area contributed by atoms with Gasteiger partial charge in [-0.05, 0) is 80.8 Å². The van der Waals surface area contributed by atoms with Crippen molar-refractivity contribution in [2.45, 2.75) is 80.1 Å². The molecule has 0 amide bonds. The average Bonchev–Trinajstić information content (AvgIpc) is 2.41. The molecule has 0 saturated carbocycles. The lowest BCUT2D eigenvalue weighted by Crippen LogP contribution is -2.01. The maximum absolute atomic E-state index is 2.47. The zero-order valence-electron chi connectivity index (χ0n) is 13.8. The quantitative estimate of drug-likeness (QED) is 0.516. The highest BCUT2D eigenvalue weighted by Crippen LogP contribution is 2.28. The first-order chi connectivity index (χ1) is 9.00. The third kappa shape index (κ3) is 4.09. The Morgan fingerprint density at radius 3 is 1.63 bits per heavy atom. The van der Waals surface area contributed by atoms with Crippen LogP contribution in [-0.4, -0.2) is 0 Å². The summed E-state index contributed by atoms with van der Waals surface area (Å²) in [4.78, 5) is 0. The van der Waals surface area contributed by atoms with Gasteiger partial charge in [-0.2, -0.15) is 0 Å². The largest absolute Gasteiger partial charge is 0.0654 e. The minimum absolute atomic E-state index is 1.23. The van der Waals surface area contributed by atoms with E-state index in [0.29, 0.717) is 0 Å². The van der Waals surface area contributed by atoms with Gasteiger partial charge >= 0.3 is 0 Å². The van der Waals surface area contributed by atoms with Crippen LogP contribution in [0.3, 0.4) is 0 Å². The van der Waals surface area contributed by atoms with Crippen molar-refractivity contribution in [3.05, 3.63) is 39.8 Å². The van der Waals surface area contributed by atoms with Crippen molar-refractivity contribution < 1.29 is 0 Å². The van der Waals surface area contributed by atoms with Crippen LogP contribution in [0.2, 0.25) is 0 Å². The normalized spacial score (nSPS) is 11.1. The third-order valence-corrected chi connectivity index (χ3v) is 4.71. The molecule has 1 aromatic rings. The van der Waals surface area contributed by atoms with Gasteiger partial charge in [-0.15, -0.1) is 0 Å². The fourth-order valence-electron chi connectivity index (χ4n) is 2.83. The van der Waals surface area contributed by atoms with E-state index >= 15 is 0 Å². The Labute approximate surface area is 120 Å². The van der Waals surface area contributed by atoms with Crippen molar-refractivity contribution in [3.8, 4) is 0 Å². The van der Waals surface area contributed by atoms with Gasteiger partial charge < -0.3 is 0 Å². The molecule has 0 aliphatic carbocycles. The zero-order chi connectivity index (χ0) is 14.4. The predicted octanol–water partition coefficient (Wildman–Crippen LogP) is 6.14. The summed E-state index contributed by atoms with van der Waals surface area (Å²) in [6.45, 7) is 13.6. The van der Waals surface area contributed by atoms with Gasteiger partial charge in [-0.3, -0.25) is 0 Å². The number of rotatable bonds is 7. The number of benzene rings is 1. The second kappa shape index (κ2) is 7.72. The van der Waals surface area contributed by atoms with Gasteiger partial charge in [0.25, 0.3) is 0 Å². The Bertz CT molecular complexity index is 384. The van der Waals surface area contributed by atoms with E-state index in [-0.39, 0.29) is 0 Å². The smallest absolute Gasteiger partial charge is 0.00874 e. The first-order valence-corrected chi connectivity index (χ1v) is 7.90. The molecule has 0 aliphatic rings. The Hall–Kier alpha value is -0.780. The second-order valence-electron chi connectivity index (χ2n) is 5.95. The minimum Gasteiger partial charge on any atom is -0.0654 e. The summed E-state index contributed by atoms with van der Waals surface area (Å²) in [6.07, 6.45) is 10.5. The molecule has 1 rings (SSSR count). The molecule has 107 valence electrons. The predicted molar refractivity (Wildman–Crippen MR) is 86.9 cm³/mol. The monoisotopic (exact) mass is 259 g/mol. The van der Waals surface area contributed by atoms with E-state index in [4.69, 9.17) is 0 Å². The molecule has 0 unspecified atom stereocenters. The van der Waals surface area contributed by atoms with E-state index in [1.165, 1.54) is 71.9 Å². The van der Waals surface area contributed by atoms with Gasteiger partial charge in [-0.25, -0.2) is 0 Å². The molecular formula is C19H31. The van der Waals surface area contributed by atoms with Crippen LogP contribution in [0.15, 0.2) is 0 Å². The van der Waals surface area contributed by atoms with E-state index in [9.17, 15) is 0 Å². The maximum Gasteiger partial charge on any atom is -0.00874 e. The maximum atomic E-state index is 2.47. The van der Waals surface area contributed by atoms with E-state index in [0.717, 1.165) is 0 Å². The molecule has 0 bridgehead atoms. The highest BCUT2D eigenvalue weighted by molar-refractivity contribution is 5.52. The number of unbranched alkanes of at least 4 members (excludes halogenated alkanes) is 5. The topological polar surface area (TPSA) is 0 Å². The first-order valence-electron chi connectivity index (χ1n) is 7.90. The van der Waals surface area contributed by atoms with Crippen molar-refractivity contribution in [2.75, 3.05) is 0 Å². The number of hydrogen-bond acceptors (Lipinski definition) is 0. The standard InChI is InChI=1S/C19H31/c1-7-8-9-10-11-12-13-19-17(5)15(3)14(2)16(4)18(19)6/h13H,7-12H2,1-6H3. The Kier molecular flexibility index (Phi) is 6.62. The van der Waals surface area contributed by atoms with E-state index < -0.39 is 0 Å². The molecule has 0 heterocycles. The summed E-state index contributed by atoms with van der Waals surface area (Å²) in [5.41, 5.74) is 8.87. The molecule has 0 N–H and O–H groups in total. The summed E-state index contributed by atoms with van der Waals surface area (Å²) < 4.78 is 0. The molecule has 1 aromatic carbocycles. The van der Waals surface area contributed by atoms with Crippen molar-refractivity contribution >= 4 is 0 Å². The lowest BCUT2D eigenvalue weighted by atomic mass is 9.87. The summed E-state index contributed by atoms with van der Waals surface area (Å²) in [7, 11) is 0. The summed E-state index contributed by atoms with van der Waals surface area (Å²) in [6, 6.07) is 0. The Balaban J connectivity index is 2.64. The first kappa shape index (κ1) is 16.3. The van der Waals surface area contributed by atoms with Gasteiger partial charge in [0, 0.05) is 0 Å². The second-order valence-corrected chi connectivity index (χ2v) is 5.95. The van der Waals surface area contributed by atoms with E-state index in [1.807, 2.05) is 0 Å². The third-order valence-electron chi connectivity index (χ3n) is 4.71. The molecule has 1 radical (unpaired) electrons.